The number of ether oxygens (including phenoxy) is 1. The maximum atomic E-state index is 12.9. The largest absolute Gasteiger partial charge is 0.468 e. The number of esters is 1. The fourth-order valence-electron chi connectivity index (χ4n) is 2.55. The molecule has 0 spiro atoms. The highest BCUT2D eigenvalue weighted by molar-refractivity contribution is 7.80. The molecule has 0 radical (unpaired) electrons. The first-order valence-corrected chi connectivity index (χ1v) is 7.99. The van der Waals surface area contributed by atoms with E-state index in [1.807, 2.05) is 0 Å². The zero-order chi connectivity index (χ0) is 20.4. The van der Waals surface area contributed by atoms with Crippen LogP contribution >= 0.6 is 12.2 Å². The molecule has 2 atom stereocenters. The van der Waals surface area contributed by atoms with E-state index in [0.717, 1.165) is 0 Å². The smallest absolute Gasteiger partial charge is 0.416 e. The van der Waals surface area contributed by atoms with Crippen LogP contribution in [0.3, 0.4) is 0 Å². The van der Waals surface area contributed by atoms with E-state index in [1.165, 1.54) is 7.11 Å². The number of benzene rings is 1. The molecule has 3 N–H and O–H groups in total. The number of alkyl halides is 6. The second-order valence-electron chi connectivity index (χ2n) is 5.81. The number of nitrogens with one attached hydrogen (secondary N) is 3. The number of carbonyl (C=O) groups excluding carboxylic acids is 1. The lowest BCUT2D eigenvalue weighted by Crippen LogP contribution is -2.39. The second-order valence-corrected chi connectivity index (χ2v) is 6.22. The molecule has 2 rings (SSSR count). The molecule has 1 fully saturated rings. The summed E-state index contributed by atoms with van der Waals surface area (Å²) >= 11 is 4.95. The molecule has 150 valence electrons. The molecule has 1 saturated heterocycles. The third kappa shape index (κ3) is 5.70. The number of carbonyl (C=O) groups is 1. The Kier molecular flexibility index (Phi) is 6.20. The SMILES string of the molecule is COC(=O)[C@@H]1C[C@H](NC(=S)Nc2cc(C(F)(F)F)cc(C(F)(F)F)c2)CN1. The highest BCUT2D eigenvalue weighted by Crippen LogP contribution is 2.37. The summed E-state index contributed by atoms with van der Waals surface area (Å²) in [5.74, 6) is -0.481. The van der Waals surface area contributed by atoms with Crippen LogP contribution in [0.25, 0.3) is 0 Å². The molecule has 0 unspecified atom stereocenters. The van der Waals surface area contributed by atoms with Crippen molar-refractivity contribution in [3.8, 4) is 0 Å². The molecule has 0 bridgehead atoms. The van der Waals surface area contributed by atoms with Crippen molar-refractivity contribution in [3.05, 3.63) is 29.3 Å². The lowest BCUT2D eigenvalue weighted by atomic mass is 10.1. The lowest BCUT2D eigenvalue weighted by Gasteiger charge is -2.18. The molecular formula is C15H15F6N3O2S. The van der Waals surface area contributed by atoms with E-state index in [2.05, 4.69) is 20.7 Å². The van der Waals surface area contributed by atoms with Crippen molar-refractivity contribution < 1.29 is 35.9 Å². The summed E-state index contributed by atoms with van der Waals surface area (Å²) < 4.78 is 81.7. The van der Waals surface area contributed by atoms with Gasteiger partial charge in [0.1, 0.15) is 6.04 Å². The first kappa shape index (κ1) is 21.2. The van der Waals surface area contributed by atoms with E-state index in [1.54, 1.807) is 0 Å². The van der Waals surface area contributed by atoms with Crippen LogP contribution in [-0.2, 0) is 21.9 Å². The molecule has 1 aromatic carbocycles. The van der Waals surface area contributed by atoms with Crippen molar-refractivity contribution in [1.29, 1.82) is 0 Å². The van der Waals surface area contributed by atoms with Crippen LogP contribution in [0.15, 0.2) is 18.2 Å². The number of rotatable bonds is 3. The highest BCUT2D eigenvalue weighted by Gasteiger charge is 2.37. The van der Waals surface area contributed by atoms with Crippen LogP contribution in [-0.4, -0.2) is 36.8 Å². The van der Waals surface area contributed by atoms with Crippen LogP contribution in [0, 0.1) is 0 Å². The zero-order valence-electron chi connectivity index (χ0n) is 13.8. The quantitative estimate of drug-likeness (QED) is 0.401. The first-order chi connectivity index (χ1) is 12.4. The molecule has 5 nitrogen and oxygen atoms in total. The van der Waals surface area contributed by atoms with Crippen molar-refractivity contribution in [2.24, 2.45) is 0 Å². The molecule has 1 aliphatic rings. The van der Waals surface area contributed by atoms with E-state index in [9.17, 15) is 31.1 Å². The van der Waals surface area contributed by atoms with Crippen molar-refractivity contribution in [2.45, 2.75) is 30.9 Å². The van der Waals surface area contributed by atoms with Gasteiger partial charge < -0.3 is 20.7 Å². The summed E-state index contributed by atoms with van der Waals surface area (Å²) in [6.45, 7) is 0.317. The molecule has 27 heavy (non-hydrogen) atoms. The van der Waals surface area contributed by atoms with Gasteiger partial charge in [-0.25, -0.2) is 0 Å². The zero-order valence-corrected chi connectivity index (χ0v) is 14.6. The standard InChI is InChI=1S/C15H15F6N3O2S/c1-26-12(25)11-5-10(6-22-11)24-13(27)23-9-3-7(14(16,17)18)2-8(4-9)15(19,20)21/h2-4,10-11,22H,5-6H2,1H3,(H2,23,24,27)/t10-,11-/m0/s1. The maximum Gasteiger partial charge on any atom is 0.416 e. The molecule has 1 heterocycles. The molecule has 12 heteroatoms. The molecule has 0 saturated carbocycles. The van der Waals surface area contributed by atoms with Gasteiger partial charge in [0, 0.05) is 18.3 Å². The average Bonchev–Trinajstić information content (AvgIpc) is 3.00. The van der Waals surface area contributed by atoms with Crippen LogP contribution in [0.5, 0.6) is 0 Å². The summed E-state index contributed by atoms with van der Waals surface area (Å²) in [5.41, 5.74) is -3.35. The predicted molar refractivity (Wildman–Crippen MR) is 88.0 cm³/mol. The van der Waals surface area contributed by atoms with Crippen LogP contribution in [0.1, 0.15) is 17.5 Å². The monoisotopic (exact) mass is 415 g/mol. The molecule has 0 aliphatic carbocycles. The minimum Gasteiger partial charge on any atom is -0.468 e. The minimum absolute atomic E-state index is 0.0313. The summed E-state index contributed by atoms with van der Waals surface area (Å²) in [6.07, 6.45) is -9.60. The van der Waals surface area contributed by atoms with Gasteiger partial charge in [0.05, 0.1) is 18.2 Å². The molecular weight excluding hydrogens is 400 g/mol. The van der Waals surface area contributed by atoms with Crippen LogP contribution in [0.2, 0.25) is 0 Å². The summed E-state index contributed by atoms with van der Waals surface area (Å²) in [4.78, 5) is 11.4. The molecule has 0 amide bonds. The van der Waals surface area contributed by atoms with Crippen molar-refractivity contribution >= 4 is 29.0 Å². The number of hydrogen-bond acceptors (Lipinski definition) is 4. The van der Waals surface area contributed by atoms with Gasteiger partial charge in [-0.1, -0.05) is 0 Å². The van der Waals surface area contributed by atoms with E-state index >= 15 is 0 Å². The first-order valence-electron chi connectivity index (χ1n) is 7.58. The third-order valence-corrected chi connectivity index (χ3v) is 4.02. The van der Waals surface area contributed by atoms with Gasteiger partial charge in [0.25, 0.3) is 0 Å². The second kappa shape index (κ2) is 7.89. The van der Waals surface area contributed by atoms with Crippen LogP contribution < -0.4 is 16.0 Å². The van der Waals surface area contributed by atoms with E-state index in [0.29, 0.717) is 25.1 Å². The number of halogens is 6. The predicted octanol–water partition coefficient (Wildman–Crippen LogP) is 2.91. The average molecular weight is 415 g/mol. The Bertz CT molecular complexity index is 690. The van der Waals surface area contributed by atoms with Crippen molar-refractivity contribution in [3.63, 3.8) is 0 Å². The van der Waals surface area contributed by atoms with Gasteiger partial charge in [-0.15, -0.1) is 0 Å². The molecule has 0 aromatic heterocycles. The summed E-state index contributed by atoms with van der Waals surface area (Å²) in [5, 5.41) is 7.76. The van der Waals surface area contributed by atoms with Gasteiger partial charge in [-0.3, -0.25) is 4.79 Å². The Balaban J connectivity index is 2.10. The Morgan fingerprint density at radius 1 is 1.15 bits per heavy atom. The Morgan fingerprint density at radius 2 is 1.70 bits per heavy atom. The summed E-state index contributed by atoms with van der Waals surface area (Å²) in [6, 6.07) is 0.187. The van der Waals surface area contributed by atoms with Gasteiger partial charge >= 0.3 is 18.3 Å². The van der Waals surface area contributed by atoms with Crippen LogP contribution in [0.4, 0.5) is 32.0 Å². The van der Waals surface area contributed by atoms with E-state index in [-0.39, 0.29) is 17.2 Å². The van der Waals surface area contributed by atoms with E-state index < -0.39 is 41.2 Å². The Morgan fingerprint density at radius 3 is 2.19 bits per heavy atom. The van der Waals surface area contributed by atoms with Gasteiger partial charge in [-0.2, -0.15) is 26.3 Å². The van der Waals surface area contributed by atoms with Crippen molar-refractivity contribution in [2.75, 3.05) is 19.0 Å². The third-order valence-electron chi connectivity index (χ3n) is 3.80. The number of anilines is 1. The van der Waals surface area contributed by atoms with E-state index in [4.69, 9.17) is 12.2 Å². The van der Waals surface area contributed by atoms with Crippen molar-refractivity contribution in [1.82, 2.24) is 10.6 Å². The van der Waals surface area contributed by atoms with Gasteiger partial charge in [-0.05, 0) is 36.8 Å². The number of methoxy groups -OCH3 is 1. The number of hydrogen-bond donors (Lipinski definition) is 3. The summed E-state index contributed by atoms with van der Waals surface area (Å²) in [7, 11) is 1.23. The fraction of sp³-hybridized carbons (Fsp3) is 0.467. The normalized spacial score (nSPS) is 20.3. The minimum atomic E-state index is -4.95. The van der Waals surface area contributed by atoms with Gasteiger partial charge in [0.15, 0.2) is 5.11 Å². The molecule has 1 aliphatic heterocycles. The Labute approximate surface area is 155 Å². The molecule has 1 aromatic rings. The maximum absolute atomic E-state index is 12.9. The highest BCUT2D eigenvalue weighted by atomic mass is 32.1. The number of thiocarbonyl (C=S) groups is 1. The Hall–Kier alpha value is -2.08. The van der Waals surface area contributed by atoms with Gasteiger partial charge in [0.2, 0.25) is 0 Å². The topological polar surface area (TPSA) is 62.4 Å². The lowest BCUT2D eigenvalue weighted by molar-refractivity contribution is -0.144. The fourth-order valence-corrected chi connectivity index (χ4v) is 2.83.